The van der Waals surface area contributed by atoms with E-state index in [4.69, 9.17) is 0 Å². The van der Waals surface area contributed by atoms with Crippen molar-refractivity contribution in [1.82, 2.24) is 14.9 Å². The van der Waals surface area contributed by atoms with Crippen molar-refractivity contribution in [1.29, 1.82) is 0 Å². The number of fused-ring (bicyclic) bond motifs is 1. The van der Waals surface area contributed by atoms with Crippen molar-refractivity contribution in [2.75, 3.05) is 5.75 Å². The molecule has 0 aliphatic rings. The van der Waals surface area contributed by atoms with Crippen LogP contribution in [-0.4, -0.2) is 21.2 Å². The van der Waals surface area contributed by atoms with Gasteiger partial charge in [-0.1, -0.05) is 54.9 Å². The van der Waals surface area contributed by atoms with Crippen molar-refractivity contribution < 1.29 is 4.79 Å². The molecule has 0 aliphatic heterocycles. The summed E-state index contributed by atoms with van der Waals surface area (Å²) in [6.07, 6.45) is 1.90. The number of hydrogen-bond donors (Lipinski definition) is 1. The number of benzene rings is 1. The molecule has 142 valence electrons. The molecule has 0 fully saturated rings. The van der Waals surface area contributed by atoms with E-state index in [0.717, 1.165) is 18.4 Å². The maximum absolute atomic E-state index is 12.7. The van der Waals surface area contributed by atoms with Crippen molar-refractivity contribution in [2.45, 2.75) is 44.9 Å². The van der Waals surface area contributed by atoms with Gasteiger partial charge in [-0.05, 0) is 30.4 Å². The number of nitrogens with one attached hydrogen (secondary N) is 1. The Bertz CT molecular complexity index is 977. The molecule has 1 aromatic carbocycles. The Balaban J connectivity index is 1.67. The molecule has 7 heteroatoms. The molecule has 1 N–H and O–H groups in total. The summed E-state index contributed by atoms with van der Waals surface area (Å²) in [6.45, 7) is 5.25. The van der Waals surface area contributed by atoms with E-state index in [1.807, 2.05) is 42.6 Å². The van der Waals surface area contributed by atoms with Crippen LogP contribution < -0.4 is 10.9 Å². The van der Waals surface area contributed by atoms with Crippen LogP contribution in [0.5, 0.6) is 0 Å². The van der Waals surface area contributed by atoms with Crippen molar-refractivity contribution in [3.63, 3.8) is 0 Å². The van der Waals surface area contributed by atoms with Gasteiger partial charge in [0.1, 0.15) is 4.70 Å². The smallest absolute Gasteiger partial charge is 0.272 e. The molecule has 1 amide bonds. The Labute approximate surface area is 166 Å². The molecule has 0 aliphatic carbocycles. The third-order valence-corrected chi connectivity index (χ3v) is 6.08. The summed E-state index contributed by atoms with van der Waals surface area (Å²) in [5, 5.41) is 5.42. The molecule has 0 saturated heterocycles. The molecule has 0 unspecified atom stereocenters. The van der Waals surface area contributed by atoms with E-state index in [9.17, 15) is 9.59 Å². The summed E-state index contributed by atoms with van der Waals surface area (Å²) < 4.78 is 2.39. The maximum atomic E-state index is 12.7. The second-order valence-electron chi connectivity index (χ2n) is 6.39. The van der Waals surface area contributed by atoms with Crippen LogP contribution in [-0.2, 0) is 17.9 Å². The van der Waals surface area contributed by atoms with Crippen LogP contribution in [0, 0.1) is 6.92 Å². The topological polar surface area (TPSA) is 64.0 Å². The Hall–Kier alpha value is -2.12. The molecule has 2 aromatic heterocycles. The van der Waals surface area contributed by atoms with Gasteiger partial charge in [-0.25, -0.2) is 4.98 Å². The third-order valence-electron chi connectivity index (χ3n) is 4.21. The molecule has 27 heavy (non-hydrogen) atoms. The molecule has 3 aromatic rings. The minimum Gasteiger partial charge on any atom is -0.351 e. The van der Waals surface area contributed by atoms with E-state index in [0.29, 0.717) is 28.5 Å². The fourth-order valence-corrected chi connectivity index (χ4v) is 4.27. The number of rotatable bonds is 8. The Morgan fingerprint density at radius 3 is 2.78 bits per heavy atom. The van der Waals surface area contributed by atoms with Crippen LogP contribution in [0.1, 0.15) is 30.9 Å². The summed E-state index contributed by atoms with van der Waals surface area (Å²) >= 11 is 2.74. The van der Waals surface area contributed by atoms with Gasteiger partial charge in [0.2, 0.25) is 5.91 Å². The molecular formula is C20H23N3O2S2. The summed E-state index contributed by atoms with van der Waals surface area (Å²) in [7, 11) is 0. The van der Waals surface area contributed by atoms with Gasteiger partial charge in [0.15, 0.2) is 5.16 Å². The normalized spacial score (nSPS) is 11.0. The molecule has 0 bridgehead atoms. The van der Waals surface area contributed by atoms with Crippen molar-refractivity contribution in [3.8, 4) is 0 Å². The number of aromatic nitrogens is 2. The number of carbonyl (C=O) groups excluding carboxylic acids is 1. The van der Waals surface area contributed by atoms with E-state index < -0.39 is 0 Å². The average Bonchev–Trinajstić information content (AvgIpc) is 3.14. The van der Waals surface area contributed by atoms with Crippen LogP contribution in [0.3, 0.4) is 0 Å². The zero-order valence-corrected chi connectivity index (χ0v) is 17.2. The lowest BCUT2D eigenvalue weighted by Crippen LogP contribution is -2.26. The van der Waals surface area contributed by atoms with E-state index >= 15 is 0 Å². The lowest BCUT2D eigenvalue weighted by molar-refractivity contribution is -0.118. The van der Waals surface area contributed by atoms with Crippen LogP contribution in [0.15, 0.2) is 45.7 Å². The standard InChI is InChI=1S/C20H23N3O2S2/c1-3-4-10-23-19(25)18-16(9-11-26-18)22-20(23)27-13-17(24)21-12-15-7-5-14(2)6-8-15/h5-9,11H,3-4,10,12-13H2,1-2H3,(H,21,24). The second-order valence-corrected chi connectivity index (χ2v) is 8.25. The highest BCUT2D eigenvalue weighted by atomic mass is 32.2. The maximum Gasteiger partial charge on any atom is 0.272 e. The fourth-order valence-electron chi connectivity index (χ4n) is 2.63. The minimum atomic E-state index is -0.0673. The predicted octanol–water partition coefficient (Wildman–Crippen LogP) is 3.98. The minimum absolute atomic E-state index is 0.00832. The van der Waals surface area contributed by atoms with Gasteiger partial charge in [0.25, 0.3) is 5.56 Å². The van der Waals surface area contributed by atoms with E-state index in [1.165, 1.54) is 28.7 Å². The number of thioether (sulfide) groups is 1. The largest absolute Gasteiger partial charge is 0.351 e. The summed E-state index contributed by atoms with van der Waals surface area (Å²) in [4.78, 5) is 29.6. The van der Waals surface area contributed by atoms with E-state index in [-0.39, 0.29) is 17.2 Å². The first kappa shape index (κ1) is 19.6. The molecule has 0 atom stereocenters. The number of unbranched alkanes of at least 4 members (excludes halogenated alkanes) is 1. The first-order valence-corrected chi connectivity index (χ1v) is 10.9. The number of hydrogen-bond acceptors (Lipinski definition) is 5. The van der Waals surface area contributed by atoms with Gasteiger partial charge in [-0.15, -0.1) is 11.3 Å². The van der Waals surface area contributed by atoms with E-state index in [2.05, 4.69) is 17.2 Å². The van der Waals surface area contributed by atoms with Gasteiger partial charge < -0.3 is 5.32 Å². The van der Waals surface area contributed by atoms with Crippen molar-refractivity contribution in [3.05, 3.63) is 57.2 Å². The molecule has 0 radical (unpaired) electrons. The molecular weight excluding hydrogens is 378 g/mol. The van der Waals surface area contributed by atoms with Crippen LogP contribution in [0.4, 0.5) is 0 Å². The zero-order valence-electron chi connectivity index (χ0n) is 15.5. The second kappa shape index (κ2) is 9.19. The molecule has 0 saturated carbocycles. The molecule has 3 rings (SSSR count). The third kappa shape index (κ3) is 4.99. The highest BCUT2D eigenvalue weighted by molar-refractivity contribution is 7.99. The van der Waals surface area contributed by atoms with Gasteiger partial charge in [0.05, 0.1) is 11.3 Å². The molecule has 5 nitrogen and oxygen atoms in total. The summed E-state index contributed by atoms with van der Waals surface area (Å²) in [5.41, 5.74) is 2.96. The first-order valence-electron chi connectivity index (χ1n) is 9.01. The molecule has 0 spiro atoms. The Kier molecular flexibility index (Phi) is 6.68. The number of amides is 1. The summed E-state index contributed by atoms with van der Waals surface area (Å²) in [6, 6.07) is 9.94. The van der Waals surface area contributed by atoms with Crippen LogP contribution >= 0.6 is 23.1 Å². The van der Waals surface area contributed by atoms with Gasteiger partial charge in [-0.2, -0.15) is 0 Å². The highest BCUT2D eigenvalue weighted by Gasteiger charge is 2.14. The number of aryl methyl sites for hydroxylation is 1. The van der Waals surface area contributed by atoms with Gasteiger partial charge in [-0.3, -0.25) is 14.2 Å². The van der Waals surface area contributed by atoms with Gasteiger partial charge >= 0.3 is 0 Å². The highest BCUT2D eigenvalue weighted by Crippen LogP contribution is 2.21. The van der Waals surface area contributed by atoms with Crippen LogP contribution in [0.25, 0.3) is 10.2 Å². The quantitative estimate of drug-likeness (QED) is 0.458. The SMILES string of the molecule is CCCCn1c(SCC(=O)NCc2ccc(C)cc2)nc2ccsc2c1=O. The fraction of sp³-hybridized carbons (Fsp3) is 0.350. The van der Waals surface area contributed by atoms with Crippen LogP contribution in [0.2, 0.25) is 0 Å². The zero-order chi connectivity index (χ0) is 19.2. The Morgan fingerprint density at radius 1 is 1.26 bits per heavy atom. The van der Waals surface area contributed by atoms with Gasteiger partial charge in [0, 0.05) is 13.1 Å². The lowest BCUT2D eigenvalue weighted by atomic mass is 10.1. The molecule has 2 heterocycles. The number of thiophene rings is 1. The summed E-state index contributed by atoms with van der Waals surface area (Å²) in [5.74, 6) is 0.169. The number of carbonyl (C=O) groups is 1. The van der Waals surface area contributed by atoms with E-state index in [1.54, 1.807) is 4.57 Å². The lowest BCUT2D eigenvalue weighted by Gasteiger charge is -2.11. The predicted molar refractivity (Wildman–Crippen MR) is 113 cm³/mol. The monoisotopic (exact) mass is 401 g/mol. The first-order chi connectivity index (χ1) is 13.1. The van der Waals surface area contributed by atoms with Crippen molar-refractivity contribution >= 4 is 39.2 Å². The number of nitrogens with zero attached hydrogens (tertiary/aromatic N) is 2. The average molecular weight is 402 g/mol. The van der Waals surface area contributed by atoms with Crippen molar-refractivity contribution in [2.24, 2.45) is 0 Å². The Morgan fingerprint density at radius 2 is 2.04 bits per heavy atom.